The SMILES string of the molecule is C=CC1(c2nc(Cc3c(C)cc(OCc4ccccc4)c(F)c3C)ccc2C)CCCCC1. The molecule has 2 nitrogen and oxygen atoms in total. The number of hydrogen-bond donors (Lipinski definition) is 0. The number of pyridine rings is 1. The fourth-order valence-electron chi connectivity index (χ4n) is 5.15. The van der Waals surface area contributed by atoms with Gasteiger partial charge in [0.2, 0.25) is 0 Å². The Morgan fingerprint density at radius 2 is 1.73 bits per heavy atom. The van der Waals surface area contributed by atoms with Gasteiger partial charge in [0.15, 0.2) is 11.6 Å². The van der Waals surface area contributed by atoms with Gasteiger partial charge in [-0.05, 0) is 73.6 Å². The van der Waals surface area contributed by atoms with Crippen LogP contribution in [0.1, 0.15) is 71.3 Å². The van der Waals surface area contributed by atoms with Crippen LogP contribution in [-0.4, -0.2) is 4.98 Å². The summed E-state index contributed by atoms with van der Waals surface area (Å²) in [4.78, 5) is 5.12. The summed E-state index contributed by atoms with van der Waals surface area (Å²) in [5.41, 5.74) is 6.96. The number of halogens is 1. The van der Waals surface area contributed by atoms with Gasteiger partial charge in [0.05, 0.1) is 5.69 Å². The molecule has 0 radical (unpaired) electrons. The minimum Gasteiger partial charge on any atom is -0.486 e. The highest BCUT2D eigenvalue weighted by Gasteiger charge is 2.33. The molecule has 0 saturated heterocycles. The standard InChI is InChI=1S/C30H34FNO/c1-5-30(16-10-7-11-17-30)29-21(2)14-15-25(32-29)19-26-22(3)18-27(28(31)23(26)4)33-20-24-12-8-6-9-13-24/h5-6,8-9,12-15,18H,1,7,10-11,16-17,19-20H2,2-4H3. The number of aromatic nitrogens is 1. The molecule has 2 aromatic carbocycles. The average molecular weight is 444 g/mol. The molecule has 4 rings (SSSR count). The molecule has 1 saturated carbocycles. The van der Waals surface area contributed by atoms with Crippen LogP contribution in [0, 0.1) is 26.6 Å². The van der Waals surface area contributed by atoms with E-state index in [0.29, 0.717) is 24.3 Å². The summed E-state index contributed by atoms with van der Waals surface area (Å²) in [6.07, 6.45) is 8.64. The van der Waals surface area contributed by atoms with Gasteiger partial charge < -0.3 is 4.74 Å². The molecule has 0 spiro atoms. The first-order chi connectivity index (χ1) is 15.9. The highest BCUT2D eigenvalue weighted by Crippen LogP contribution is 2.41. The van der Waals surface area contributed by atoms with Gasteiger partial charge >= 0.3 is 0 Å². The molecular weight excluding hydrogens is 409 g/mol. The quantitative estimate of drug-likeness (QED) is 0.349. The summed E-state index contributed by atoms with van der Waals surface area (Å²) < 4.78 is 21.1. The molecule has 3 heteroatoms. The second-order valence-electron chi connectivity index (χ2n) is 9.45. The molecule has 33 heavy (non-hydrogen) atoms. The Kier molecular flexibility index (Phi) is 6.97. The third-order valence-electron chi connectivity index (χ3n) is 7.18. The zero-order chi connectivity index (χ0) is 23.4. The lowest BCUT2D eigenvalue weighted by molar-refractivity contribution is 0.289. The van der Waals surface area contributed by atoms with E-state index in [1.165, 1.54) is 24.8 Å². The van der Waals surface area contributed by atoms with Crippen LogP contribution in [0.15, 0.2) is 61.2 Å². The zero-order valence-electron chi connectivity index (χ0n) is 20.1. The number of aryl methyl sites for hydroxylation is 2. The number of benzene rings is 2. The Morgan fingerprint density at radius 1 is 1.00 bits per heavy atom. The molecule has 0 aliphatic heterocycles. The monoisotopic (exact) mass is 443 g/mol. The van der Waals surface area contributed by atoms with E-state index in [-0.39, 0.29) is 11.2 Å². The second kappa shape index (κ2) is 9.91. The van der Waals surface area contributed by atoms with Gasteiger partial charge in [-0.3, -0.25) is 4.98 Å². The van der Waals surface area contributed by atoms with E-state index in [0.717, 1.165) is 40.9 Å². The normalized spacial score (nSPS) is 15.3. The van der Waals surface area contributed by atoms with Gasteiger partial charge in [-0.25, -0.2) is 4.39 Å². The van der Waals surface area contributed by atoms with E-state index in [9.17, 15) is 0 Å². The molecule has 1 aromatic heterocycles. The highest BCUT2D eigenvalue weighted by molar-refractivity contribution is 5.45. The Bertz CT molecular complexity index is 1130. The van der Waals surface area contributed by atoms with Crippen LogP contribution in [-0.2, 0) is 18.4 Å². The van der Waals surface area contributed by atoms with Crippen molar-refractivity contribution in [3.8, 4) is 5.75 Å². The number of nitrogens with zero attached hydrogens (tertiary/aromatic N) is 1. The third kappa shape index (κ3) is 4.88. The van der Waals surface area contributed by atoms with E-state index in [1.54, 1.807) is 0 Å². The summed E-state index contributed by atoms with van der Waals surface area (Å²) in [7, 11) is 0. The van der Waals surface area contributed by atoms with Crippen molar-refractivity contribution in [1.82, 2.24) is 4.98 Å². The molecule has 0 bridgehead atoms. The van der Waals surface area contributed by atoms with Crippen molar-refractivity contribution >= 4 is 0 Å². The van der Waals surface area contributed by atoms with Gasteiger partial charge in [-0.15, -0.1) is 6.58 Å². The second-order valence-corrected chi connectivity index (χ2v) is 9.45. The molecule has 1 aliphatic carbocycles. The van der Waals surface area contributed by atoms with Crippen LogP contribution >= 0.6 is 0 Å². The Hall–Kier alpha value is -2.94. The maximum atomic E-state index is 15.2. The first-order valence-corrected chi connectivity index (χ1v) is 12.0. The fourth-order valence-corrected chi connectivity index (χ4v) is 5.15. The van der Waals surface area contributed by atoms with Crippen molar-refractivity contribution in [3.63, 3.8) is 0 Å². The lowest BCUT2D eigenvalue weighted by Gasteiger charge is -2.35. The van der Waals surface area contributed by atoms with E-state index in [2.05, 4.69) is 31.7 Å². The van der Waals surface area contributed by atoms with Crippen LogP contribution in [0.2, 0.25) is 0 Å². The molecule has 0 unspecified atom stereocenters. The number of hydrogen-bond acceptors (Lipinski definition) is 2. The van der Waals surface area contributed by atoms with E-state index in [4.69, 9.17) is 9.72 Å². The summed E-state index contributed by atoms with van der Waals surface area (Å²) >= 11 is 0. The van der Waals surface area contributed by atoms with Crippen molar-refractivity contribution < 1.29 is 9.13 Å². The summed E-state index contributed by atoms with van der Waals surface area (Å²) in [6, 6.07) is 15.9. The van der Waals surface area contributed by atoms with Crippen LogP contribution in [0.4, 0.5) is 4.39 Å². The van der Waals surface area contributed by atoms with Gasteiger partial charge in [0.1, 0.15) is 6.61 Å². The molecule has 0 atom stereocenters. The fraction of sp³-hybridized carbons (Fsp3) is 0.367. The largest absolute Gasteiger partial charge is 0.486 e. The summed E-state index contributed by atoms with van der Waals surface area (Å²) in [5.74, 6) is 0.0247. The maximum Gasteiger partial charge on any atom is 0.168 e. The molecule has 1 fully saturated rings. The first kappa shape index (κ1) is 23.2. The van der Waals surface area contributed by atoms with E-state index < -0.39 is 0 Å². The Balaban J connectivity index is 1.60. The van der Waals surface area contributed by atoms with Crippen molar-refractivity contribution in [2.24, 2.45) is 0 Å². The van der Waals surface area contributed by atoms with Crippen molar-refractivity contribution in [3.05, 3.63) is 106 Å². The maximum absolute atomic E-state index is 15.2. The topological polar surface area (TPSA) is 22.1 Å². The Morgan fingerprint density at radius 3 is 2.42 bits per heavy atom. The van der Waals surface area contributed by atoms with Crippen LogP contribution in [0.5, 0.6) is 5.75 Å². The van der Waals surface area contributed by atoms with Gasteiger partial charge in [-0.1, -0.05) is 61.7 Å². The van der Waals surface area contributed by atoms with Crippen LogP contribution in [0.25, 0.3) is 0 Å². The zero-order valence-corrected chi connectivity index (χ0v) is 20.1. The number of ether oxygens (including phenoxy) is 1. The van der Waals surface area contributed by atoms with Gasteiger partial charge in [-0.2, -0.15) is 0 Å². The van der Waals surface area contributed by atoms with Crippen LogP contribution in [0.3, 0.4) is 0 Å². The van der Waals surface area contributed by atoms with Gasteiger partial charge in [0.25, 0.3) is 0 Å². The predicted molar refractivity (Wildman–Crippen MR) is 133 cm³/mol. The molecule has 172 valence electrons. The first-order valence-electron chi connectivity index (χ1n) is 12.0. The highest BCUT2D eigenvalue weighted by atomic mass is 19.1. The lowest BCUT2D eigenvalue weighted by Crippen LogP contribution is -2.29. The minimum absolute atomic E-state index is 0.0389. The summed E-state index contributed by atoms with van der Waals surface area (Å²) in [5, 5.41) is 0. The van der Waals surface area contributed by atoms with Crippen LogP contribution < -0.4 is 4.74 Å². The minimum atomic E-state index is -0.284. The van der Waals surface area contributed by atoms with E-state index >= 15 is 4.39 Å². The van der Waals surface area contributed by atoms with Gasteiger partial charge in [0, 0.05) is 17.5 Å². The average Bonchev–Trinajstić information content (AvgIpc) is 2.85. The molecule has 3 aromatic rings. The van der Waals surface area contributed by atoms with Crippen molar-refractivity contribution in [1.29, 1.82) is 0 Å². The number of allylic oxidation sites excluding steroid dienone is 1. The summed E-state index contributed by atoms with van der Waals surface area (Å²) in [6.45, 7) is 10.5. The van der Waals surface area contributed by atoms with Crippen molar-refractivity contribution in [2.45, 2.75) is 71.3 Å². The lowest BCUT2D eigenvalue weighted by atomic mass is 9.70. The smallest absolute Gasteiger partial charge is 0.168 e. The predicted octanol–water partition coefficient (Wildman–Crippen LogP) is 7.70. The molecule has 1 heterocycles. The third-order valence-corrected chi connectivity index (χ3v) is 7.18. The molecule has 0 N–H and O–H groups in total. The van der Waals surface area contributed by atoms with E-state index in [1.807, 2.05) is 50.2 Å². The molecule has 0 amide bonds. The molecule has 1 aliphatic rings. The molecular formula is C30H34FNO. The number of rotatable bonds is 7. The van der Waals surface area contributed by atoms with Crippen molar-refractivity contribution in [2.75, 3.05) is 0 Å². The Labute approximate surface area is 197 Å².